The molecule has 0 spiro atoms. The second kappa shape index (κ2) is 5.98. The van der Waals surface area contributed by atoms with E-state index in [2.05, 4.69) is 0 Å². The Morgan fingerprint density at radius 2 is 1.68 bits per heavy atom. The number of rotatable bonds is 3. The number of Topliss-reactive ketones (excluding diaryl/α,β-unsaturated/α-hetero) is 1. The maximum Gasteiger partial charge on any atom is 0.306 e. The number of aliphatic carboxylic acids is 1. The van der Waals surface area contributed by atoms with Crippen molar-refractivity contribution in [3.63, 3.8) is 0 Å². The van der Waals surface area contributed by atoms with Crippen LogP contribution in [-0.2, 0) is 9.59 Å². The predicted octanol–water partition coefficient (Wildman–Crippen LogP) is 4.01. The van der Waals surface area contributed by atoms with Gasteiger partial charge in [0.05, 0.1) is 5.92 Å². The summed E-state index contributed by atoms with van der Waals surface area (Å²) in [5.41, 5.74) is 0. The molecule has 0 radical (unpaired) electrons. The molecular weight excluding hydrogens is 276 g/mol. The van der Waals surface area contributed by atoms with Crippen molar-refractivity contribution in [3.8, 4) is 0 Å². The Morgan fingerprint density at radius 1 is 1.05 bits per heavy atom. The van der Waals surface area contributed by atoms with Crippen molar-refractivity contribution < 1.29 is 14.7 Å². The Morgan fingerprint density at radius 3 is 2.18 bits per heavy atom. The van der Waals surface area contributed by atoms with Crippen LogP contribution >= 0.6 is 0 Å². The fraction of sp³-hybridized carbons (Fsp3) is 0.895. The van der Waals surface area contributed by atoms with Crippen molar-refractivity contribution in [2.24, 2.45) is 47.3 Å². The van der Waals surface area contributed by atoms with Crippen LogP contribution in [0.5, 0.6) is 0 Å². The van der Waals surface area contributed by atoms with Crippen LogP contribution in [0.3, 0.4) is 0 Å². The maximum absolute atomic E-state index is 11.2. The van der Waals surface area contributed by atoms with E-state index in [0.29, 0.717) is 11.7 Å². The van der Waals surface area contributed by atoms with Crippen LogP contribution < -0.4 is 0 Å². The third-order valence-corrected chi connectivity index (χ3v) is 7.36. The zero-order valence-electron chi connectivity index (χ0n) is 14.1. The number of carboxylic acids is 1. The van der Waals surface area contributed by atoms with E-state index in [1.54, 1.807) is 6.92 Å². The zero-order chi connectivity index (χ0) is 16.0. The number of hydrogen-bond acceptors (Lipinski definition) is 2. The molecule has 8 atom stereocenters. The molecule has 124 valence electrons. The van der Waals surface area contributed by atoms with E-state index in [1.165, 1.54) is 25.7 Å². The summed E-state index contributed by atoms with van der Waals surface area (Å²) < 4.78 is 0. The Labute approximate surface area is 133 Å². The highest BCUT2D eigenvalue weighted by atomic mass is 16.4. The van der Waals surface area contributed by atoms with E-state index in [9.17, 15) is 14.7 Å². The molecule has 0 saturated heterocycles. The summed E-state index contributed by atoms with van der Waals surface area (Å²) in [6, 6.07) is 0. The first-order valence-corrected chi connectivity index (χ1v) is 9.17. The largest absolute Gasteiger partial charge is 0.481 e. The molecule has 4 aliphatic rings. The van der Waals surface area contributed by atoms with Crippen molar-refractivity contribution in [1.82, 2.24) is 0 Å². The molecule has 4 rings (SSSR count). The first kappa shape index (κ1) is 16.0. The first-order chi connectivity index (χ1) is 10.4. The summed E-state index contributed by atoms with van der Waals surface area (Å²) >= 11 is 0. The maximum atomic E-state index is 11.2. The molecule has 4 fully saturated rings. The van der Waals surface area contributed by atoms with Crippen LogP contribution in [0.1, 0.15) is 59.3 Å². The van der Waals surface area contributed by atoms with E-state index in [1.807, 2.05) is 13.8 Å². The van der Waals surface area contributed by atoms with Crippen molar-refractivity contribution in [3.05, 3.63) is 0 Å². The van der Waals surface area contributed by atoms with Crippen LogP contribution in [0.4, 0.5) is 0 Å². The number of carbonyl (C=O) groups is 2. The summed E-state index contributed by atoms with van der Waals surface area (Å²) in [6.45, 7) is 5.60. The highest BCUT2D eigenvalue weighted by molar-refractivity contribution is 5.77. The van der Waals surface area contributed by atoms with Gasteiger partial charge in [-0.3, -0.25) is 9.59 Å². The van der Waals surface area contributed by atoms with Crippen LogP contribution in [0.2, 0.25) is 0 Å². The summed E-state index contributed by atoms with van der Waals surface area (Å²) in [5, 5.41) is 9.23. The van der Waals surface area contributed by atoms with Gasteiger partial charge < -0.3 is 5.11 Å². The molecule has 0 aromatic heterocycles. The van der Waals surface area contributed by atoms with Gasteiger partial charge in [0.2, 0.25) is 0 Å². The second-order valence-corrected chi connectivity index (χ2v) is 8.25. The van der Waals surface area contributed by atoms with E-state index in [0.717, 1.165) is 42.4 Å². The molecule has 3 heteroatoms. The molecule has 1 N–H and O–H groups in total. The molecule has 8 unspecified atom stereocenters. The highest BCUT2D eigenvalue weighted by Gasteiger charge is 2.63. The monoisotopic (exact) mass is 306 g/mol. The quantitative estimate of drug-likeness (QED) is 0.801. The molecule has 4 aliphatic carbocycles. The molecule has 4 saturated carbocycles. The van der Waals surface area contributed by atoms with E-state index < -0.39 is 5.97 Å². The number of carbonyl (C=O) groups excluding carboxylic acids is 1. The van der Waals surface area contributed by atoms with Gasteiger partial charge in [0.25, 0.3) is 0 Å². The third-order valence-electron chi connectivity index (χ3n) is 7.36. The van der Waals surface area contributed by atoms with Gasteiger partial charge in [0.15, 0.2) is 0 Å². The standard InChI is InChI=1S/C13H18O2.C6H12O/c14-13(15)10-5-8-4-9(10)12-7-2-1-6(3-7)11(8)12;1-4-5(2)6(3)7/h6-12H,1-5H2,(H,14,15);5H,4H2,1-3H3. The Hall–Kier alpha value is -0.860. The molecule has 0 amide bonds. The number of ketones is 1. The molecule has 0 aliphatic heterocycles. The average molecular weight is 306 g/mol. The number of hydrogen-bond donors (Lipinski definition) is 1. The first-order valence-electron chi connectivity index (χ1n) is 9.17. The lowest BCUT2D eigenvalue weighted by Crippen LogP contribution is -2.35. The van der Waals surface area contributed by atoms with Crippen LogP contribution in [0.15, 0.2) is 0 Å². The van der Waals surface area contributed by atoms with Gasteiger partial charge in [-0.05, 0) is 81.0 Å². The molecule has 22 heavy (non-hydrogen) atoms. The topological polar surface area (TPSA) is 54.4 Å². The molecule has 0 heterocycles. The van der Waals surface area contributed by atoms with Gasteiger partial charge in [0.1, 0.15) is 5.78 Å². The van der Waals surface area contributed by atoms with E-state index in [4.69, 9.17) is 0 Å². The smallest absolute Gasteiger partial charge is 0.306 e. The Balaban J connectivity index is 0.000000178. The predicted molar refractivity (Wildman–Crippen MR) is 85.3 cm³/mol. The third kappa shape index (κ3) is 2.51. The summed E-state index contributed by atoms with van der Waals surface area (Å²) in [7, 11) is 0. The Bertz CT molecular complexity index is 458. The van der Waals surface area contributed by atoms with Gasteiger partial charge in [0, 0.05) is 5.92 Å². The fourth-order valence-electron chi connectivity index (χ4n) is 6.14. The summed E-state index contributed by atoms with van der Waals surface area (Å²) in [6.07, 6.45) is 7.52. The lowest BCUT2D eigenvalue weighted by Gasteiger charge is -2.37. The number of fused-ring (bicyclic) bond motifs is 9. The highest BCUT2D eigenvalue weighted by Crippen LogP contribution is 2.68. The minimum absolute atomic E-state index is 0.0237. The van der Waals surface area contributed by atoms with Crippen molar-refractivity contribution >= 4 is 11.8 Å². The van der Waals surface area contributed by atoms with Crippen LogP contribution in [0.25, 0.3) is 0 Å². The van der Waals surface area contributed by atoms with Gasteiger partial charge >= 0.3 is 5.97 Å². The fourth-order valence-corrected chi connectivity index (χ4v) is 6.14. The van der Waals surface area contributed by atoms with Gasteiger partial charge in [-0.15, -0.1) is 0 Å². The van der Waals surface area contributed by atoms with Gasteiger partial charge in [-0.25, -0.2) is 0 Å². The SMILES string of the molecule is CCC(C)C(C)=O.O=C(O)C1CC2CC1C1C3CCC(C3)C21. The lowest BCUT2D eigenvalue weighted by atomic mass is 9.67. The van der Waals surface area contributed by atoms with E-state index in [-0.39, 0.29) is 11.8 Å². The summed E-state index contributed by atoms with van der Waals surface area (Å²) in [4.78, 5) is 21.6. The van der Waals surface area contributed by atoms with Crippen LogP contribution in [0, 0.1) is 47.3 Å². The normalized spacial score (nSPS) is 45.1. The van der Waals surface area contributed by atoms with Gasteiger partial charge in [-0.2, -0.15) is 0 Å². The average Bonchev–Trinajstić information content (AvgIpc) is 3.23. The molecule has 4 bridgehead atoms. The Kier molecular flexibility index (Phi) is 4.35. The molecule has 3 nitrogen and oxygen atoms in total. The summed E-state index contributed by atoms with van der Waals surface area (Å²) in [5.74, 6) is 5.10. The lowest BCUT2D eigenvalue weighted by molar-refractivity contribution is -0.145. The van der Waals surface area contributed by atoms with Crippen LogP contribution in [-0.4, -0.2) is 16.9 Å². The number of carboxylic acid groups (broad SMARTS) is 1. The van der Waals surface area contributed by atoms with Crippen molar-refractivity contribution in [2.75, 3.05) is 0 Å². The zero-order valence-corrected chi connectivity index (χ0v) is 14.1. The van der Waals surface area contributed by atoms with Crippen molar-refractivity contribution in [2.45, 2.75) is 59.3 Å². The molecule has 0 aromatic carbocycles. The van der Waals surface area contributed by atoms with Crippen molar-refractivity contribution in [1.29, 1.82) is 0 Å². The molecule has 0 aromatic rings. The van der Waals surface area contributed by atoms with Gasteiger partial charge in [-0.1, -0.05) is 13.8 Å². The minimum atomic E-state index is -0.510. The van der Waals surface area contributed by atoms with E-state index >= 15 is 0 Å². The molecular formula is C19H30O3. The second-order valence-electron chi connectivity index (χ2n) is 8.25. The minimum Gasteiger partial charge on any atom is -0.481 e.